The van der Waals surface area contributed by atoms with Crippen LogP contribution in [0.2, 0.25) is 0 Å². The molecule has 1 saturated heterocycles. The first-order valence-electron chi connectivity index (χ1n) is 23.8. The lowest BCUT2D eigenvalue weighted by Crippen LogP contribution is -2.35. The highest BCUT2D eigenvalue weighted by molar-refractivity contribution is 8.30. The quantitative estimate of drug-likeness (QED) is 0.108. The van der Waals surface area contributed by atoms with Gasteiger partial charge >= 0.3 is 5.97 Å². The van der Waals surface area contributed by atoms with Crippen LogP contribution in [-0.4, -0.2) is 36.8 Å². The number of aliphatic carboxylic acids is 1. The third kappa shape index (κ3) is 9.44. The first-order chi connectivity index (χ1) is 33.5. The molecule has 2 aromatic heterocycles. The van der Waals surface area contributed by atoms with Gasteiger partial charge in [-0.3, -0.25) is 23.9 Å². The molecule has 1 aliphatic carbocycles. The highest BCUT2D eigenvalue weighted by Gasteiger charge is 2.42. The molecule has 2 aliphatic heterocycles. The molecule has 10 rings (SSSR count). The van der Waals surface area contributed by atoms with E-state index < -0.39 is 18.1 Å². The molecule has 4 heterocycles. The van der Waals surface area contributed by atoms with Crippen LogP contribution < -0.4 is 19.7 Å². The summed E-state index contributed by atoms with van der Waals surface area (Å²) in [4.78, 5) is 46.8. The van der Waals surface area contributed by atoms with Crippen LogP contribution in [0.25, 0.3) is 33.1 Å². The van der Waals surface area contributed by atoms with Crippen molar-refractivity contribution in [1.82, 2.24) is 9.47 Å². The van der Waals surface area contributed by atoms with Gasteiger partial charge in [-0.15, -0.1) is 22.7 Å². The summed E-state index contributed by atoms with van der Waals surface area (Å²) in [6.07, 6.45) is 7.57. The standard InChI is InChI=1S/C59H55N3O4S4/c1-58(2,3)41-28-37(29-42(32-41)59(4,5)6)34-61-55(66)53(70-57(61)67)56-60(35-52(63)64)54(65)51(69-56)33-44-25-27-50(68-44)40-22-26-49-47(31-40)45-18-13-19-48(45)62(49)43-23-20-36(21-24-43)30-46(38-14-9-7-10-15-38)39-16-11-8-12-17-39/h7-12,14-17,20-33,45,48H,13,18-19,34-35H2,1-6H3,(H,63,64)/b51-33-,56-53-. The number of carboxylic acids is 1. The lowest BCUT2D eigenvalue weighted by molar-refractivity contribution is -0.137. The van der Waals surface area contributed by atoms with Gasteiger partial charge in [0.2, 0.25) is 0 Å². The Morgan fingerprint density at radius 3 is 2.06 bits per heavy atom. The predicted molar refractivity (Wildman–Crippen MR) is 296 cm³/mol. The predicted octanol–water partition coefficient (Wildman–Crippen LogP) is 12.7. The summed E-state index contributed by atoms with van der Waals surface area (Å²) >= 11 is 9.66. The number of hydrogen-bond donors (Lipinski definition) is 1. The molecule has 0 bridgehead atoms. The Morgan fingerprint density at radius 2 is 1.43 bits per heavy atom. The summed E-state index contributed by atoms with van der Waals surface area (Å²) < 4.78 is 2.25. The van der Waals surface area contributed by atoms with Crippen molar-refractivity contribution in [2.45, 2.75) is 96.7 Å². The number of carbonyl (C=O) groups excluding carboxylic acids is 1. The number of thiocarbonyl (C=S) groups is 1. The van der Waals surface area contributed by atoms with Crippen LogP contribution in [0.15, 0.2) is 138 Å². The molecule has 354 valence electrons. The largest absolute Gasteiger partial charge is 0.480 e. The highest BCUT2D eigenvalue weighted by Crippen LogP contribution is 2.53. The van der Waals surface area contributed by atoms with Gasteiger partial charge < -0.3 is 10.0 Å². The third-order valence-corrected chi connectivity index (χ3v) is 17.4. The van der Waals surface area contributed by atoms with Crippen molar-refractivity contribution in [3.05, 3.63) is 197 Å². The fourth-order valence-corrected chi connectivity index (χ4v) is 13.5. The minimum Gasteiger partial charge on any atom is -0.480 e. The lowest BCUT2D eigenvalue weighted by atomic mass is 9.79. The second kappa shape index (κ2) is 18.9. The van der Waals surface area contributed by atoms with Gasteiger partial charge in [0, 0.05) is 33.1 Å². The van der Waals surface area contributed by atoms with E-state index in [9.17, 15) is 19.5 Å². The fourth-order valence-electron chi connectivity index (χ4n) is 9.99. The zero-order chi connectivity index (χ0) is 49.1. The number of thiazole rings is 1. The normalized spacial score (nSPS) is 17.9. The maximum Gasteiger partial charge on any atom is 0.323 e. The van der Waals surface area contributed by atoms with Crippen LogP contribution in [-0.2, 0) is 33.5 Å². The van der Waals surface area contributed by atoms with Crippen molar-refractivity contribution in [1.29, 1.82) is 0 Å². The van der Waals surface area contributed by atoms with E-state index in [2.05, 4.69) is 180 Å². The van der Waals surface area contributed by atoms with E-state index in [0.29, 0.717) is 25.5 Å². The summed E-state index contributed by atoms with van der Waals surface area (Å²) in [7, 11) is 0. The van der Waals surface area contributed by atoms with Gasteiger partial charge in [0.15, 0.2) is 0 Å². The van der Waals surface area contributed by atoms with E-state index in [1.165, 1.54) is 55.8 Å². The number of rotatable bonds is 10. The molecule has 2 unspecified atom stereocenters. The van der Waals surface area contributed by atoms with E-state index in [1.807, 2.05) is 12.1 Å². The van der Waals surface area contributed by atoms with Crippen LogP contribution >= 0.6 is 46.7 Å². The number of thioether (sulfide) groups is 1. The number of carboxylic acid groups (broad SMARTS) is 1. The minimum atomic E-state index is -1.17. The zero-order valence-electron chi connectivity index (χ0n) is 40.2. The molecule has 7 nitrogen and oxygen atoms in total. The average Bonchev–Trinajstić information content (AvgIpc) is 4.17. The Labute approximate surface area is 427 Å². The second-order valence-corrected chi connectivity index (χ2v) is 24.3. The molecule has 0 radical (unpaired) electrons. The lowest BCUT2D eigenvalue weighted by Gasteiger charge is -2.27. The summed E-state index contributed by atoms with van der Waals surface area (Å²) in [5, 5.41) is 9.95. The third-order valence-electron chi connectivity index (χ3n) is 13.6. The minimum absolute atomic E-state index is 0.106. The molecule has 2 fully saturated rings. The summed E-state index contributed by atoms with van der Waals surface area (Å²) in [6.45, 7) is 12.8. The van der Waals surface area contributed by atoms with Gasteiger partial charge in [-0.1, -0.05) is 169 Å². The van der Waals surface area contributed by atoms with Crippen LogP contribution in [0.1, 0.15) is 111 Å². The Bertz CT molecular complexity index is 3340. The van der Waals surface area contributed by atoms with E-state index >= 15 is 0 Å². The van der Waals surface area contributed by atoms with Crippen molar-refractivity contribution in [2.24, 2.45) is 0 Å². The Morgan fingerprint density at radius 1 is 0.771 bits per heavy atom. The van der Waals surface area contributed by atoms with Crippen LogP contribution in [0.4, 0.5) is 11.4 Å². The number of nitrogens with zero attached hydrogens (tertiary/aromatic N) is 3. The number of hydrogen-bond acceptors (Lipinski definition) is 8. The first kappa shape index (κ1) is 47.6. The number of aromatic nitrogens is 1. The highest BCUT2D eigenvalue weighted by atomic mass is 32.2. The van der Waals surface area contributed by atoms with Crippen LogP contribution in [0, 0.1) is 0 Å². The maximum atomic E-state index is 14.3. The van der Waals surface area contributed by atoms with Crippen molar-refractivity contribution in [3.8, 4) is 10.4 Å². The summed E-state index contributed by atoms with van der Waals surface area (Å²) in [6, 6.07) is 47.9. The number of amides is 1. The van der Waals surface area contributed by atoms with Crippen molar-refractivity contribution in [3.63, 3.8) is 0 Å². The van der Waals surface area contributed by atoms with Gasteiger partial charge in [-0.05, 0) is 122 Å². The maximum absolute atomic E-state index is 14.3. The molecule has 2 atom stereocenters. The van der Waals surface area contributed by atoms with E-state index in [0.717, 1.165) is 62.4 Å². The topological polar surface area (TPSA) is 82.9 Å². The van der Waals surface area contributed by atoms with Crippen molar-refractivity contribution < 1.29 is 14.7 Å². The number of thiophene rings is 1. The zero-order valence-corrected chi connectivity index (χ0v) is 43.5. The molecule has 70 heavy (non-hydrogen) atoms. The van der Waals surface area contributed by atoms with Crippen molar-refractivity contribution >= 4 is 96.9 Å². The molecule has 11 heteroatoms. The van der Waals surface area contributed by atoms with E-state index in [4.69, 9.17) is 12.2 Å². The monoisotopic (exact) mass is 997 g/mol. The summed E-state index contributed by atoms with van der Waals surface area (Å²) in [5.41, 5.74) is 12.3. The molecule has 5 aromatic carbocycles. The van der Waals surface area contributed by atoms with Crippen molar-refractivity contribution in [2.75, 3.05) is 4.90 Å². The SMILES string of the molecule is CC(C)(C)c1cc(CN2C(=O)/C(=c3/s/c(=C\c4ccc(-c5ccc6c(c5)C5CCCC5N6c5ccc(C=C(c6ccccc6)c6ccccc6)cc5)s4)c(=O)n3CC(=O)O)SC2=S)cc(C(C)(C)C)c1. The molecule has 1 saturated carbocycles. The number of carbonyl (C=O) groups is 2. The number of fused-ring (bicyclic) bond motifs is 3. The molecule has 3 aliphatic rings. The van der Waals surface area contributed by atoms with Gasteiger partial charge in [0.25, 0.3) is 11.5 Å². The molecule has 0 spiro atoms. The average molecular weight is 998 g/mol. The van der Waals surface area contributed by atoms with E-state index in [1.54, 1.807) is 16.2 Å². The number of benzene rings is 5. The summed E-state index contributed by atoms with van der Waals surface area (Å²) in [5.74, 6) is -1.06. The molecule has 1 amide bonds. The molecular formula is C59H55N3O4S4. The Hall–Kier alpha value is -6.11. The molecule has 7 aromatic rings. The smallest absolute Gasteiger partial charge is 0.323 e. The van der Waals surface area contributed by atoms with Crippen LogP contribution in [0.3, 0.4) is 0 Å². The first-order valence-corrected chi connectivity index (χ1v) is 26.7. The fraction of sp³-hybridized carbons (Fsp3) is 0.254. The van der Waals surface area contributed by atoms with Gasteiger partial charge in [-0.2, -0.15) is 0 Å². The van der Waals surface area contributed by atoms with Gasteiger partial charge in [0.05, 0.1) is 11.1 Å². The van der Waals surface area contributed by atoms with E-state index in [-0.39, 0.29) is 28.2 Å². The van der Waals surface area contributed by atoms with Crippen LogP contribution in [0.5, 0.6) is 0 Å². The number of anilines is 2. The Kier molecular flexibility index (Phi) is 12.8. The molecular weight excluding hydrogens is 943 g/mol. The second-order valence-electron chi connectivity index (χ2n) is 20.5. The van der Waals surface area contributed by atoms with Gasteiger partial charge in [0.1, 0.15) is 20.4 Å². The molecule has 1 N–H and O–H groups in total. The Balaban J connectivity index is 0.933. The van der Waals surface area contributed by atoms with Gasteiger partial charge in [-0.25, -0.2) is 0 Å².